The summed E-state index contributed by atoms with van der Waals surface area (Å²) in [6.45, 7) is 3.35. The summed E-state index contributed by atoms with van der Waals surface area (Å²) in [7, 11) is 0. The van der Waals surface area contributed by atoms with Gasteiger partial charge in [0.1, 0.15) is 24.1 Å². The average Bonchev–Trinajstić information content (AvgIpc) is 3.00. The normalized spacial score (nSPS) is 34.0. The molecule has 9 nitrogen and oxygen atoms in total. The van der Waals surface area contributed by atoms with Crippen LogP contribution in [0.1, 0.15) is 30.6 Å². The lowest BCUT2D eigenvalue weighted by Gasteiger charge is -2.24. The maximum atomic E-state index is 11.2. The molecule has 0 aromatic carbocycles. The zero-order valence-electron chi connectivity index (χ0n) is 11.7. The number of carbonyl (C=O) groups is 1. The first-order chi connectivity index (χ1) is 9.84. The van der Waals surface area contributed by atoms with E-state index in [-0.39, 0.29) is 18.1 Å². The SMILES string of the molecule is CC1(C)O[C@@H]2[C@H](O1)[C@H](CO)O[C@H]2n1cnc(C(N)=O)c1N. The third-order valence-electron chi connectivity index (χ3n) is 3.64. The second-order valence-corrected chi connectivity index (χ2v) is 5.56. The van der Waals surface area contributed by atoms with Crippen molar-refractivity contribution in [2.75, 3.05) is 12.3 Å². The van der Waals surface area contributed by atoms with E-state index in [1.54, 1.807) is 13.8 Å². The molecule has 2 aliphatic heterocycles. The van der Waals surface area contributed by atoms with E-state index in [9.17, 15) is 9.90 Å². The number of hydrogen-bond donors (Lipinski definition) is 3. The standard InChI is InChI=1S/C12H18N4O5/c1-12(2)20-7-5(3-17)19-11(8(7)21-12)16-4-15-6(9(16)13)10(14)18/h4-5,7-8,11,17H,3,13H2,1-2H3,(H2,14,18)/t5-,7+,8+,11+/m0/s1. The summed E-state index contributed by atoms with van der Waals surface area (Å²) in [6.07, 6.45) is -0.704. The number of anilines is 1. The molecule has 2 aliphatic rings. The highest BCUT2D eigenvalue weighted by Gasteiger charge is 2.56. The number of aliphatic hydroxyl groups excluding tert-OH is 1. The predicted octanol–water partition coefficient (Wildman–Crippen LogP) is -1.03. The summed E-state index contributed by atoms with van der Waals surface area (Å²) >= 11 is 0. The van der Waals surface area contributed by atoms with Crippen molar-refractivity contribution in [1.29, 1.82) is 0 Å². The number of imidazole rings is 1. The van der Waals surface area contributed by atoms with E-state index in [0.717, 1.165) is 0 Å². The van der Waals surface area contributed by atoms with Crippen LogP contribution in [0, 0.1) is 0 Å². The molecule has 2 saturated heterocycles. The van der Waals surface area contributed by atoms with Gasteiger partial charge >= 0.3 is 0 Å². The topological polar surface area (TPSA) is 135 Å². The molecule has 3 rings (SSSR count). The van der Waals surface area contributed by atoms with Gasteiger partial charge in [0, 0.05) is 0 Å². The second kappa shape index (κ2) is 4.67. The highest BCUT2D eigenvalue weighted by molar-refractivity contribution is 5.95. The molecule has 21 heavy (non-hydrogen) atoms. The van der Waals surface area contributed by atoms with E-state index in [2.05, 4.69) is 4.98 Å². The van der Waals surface area contributed by atoms with Crippen LogP contribution in [0.5, 0.6) is 0 Å². The lowest BCUT2D eigenvalue weighted by atomic mass is 10.1. The first kappa shape index (κ1) is 14.3. The molecule has 0 radical (unpaired) electrons. The summed E-state index contributed by atoms with van der Waals surface area (Å²) < 4.78 is 18.8. The maximum Gasteiger partial charge on any atom is 0.271 e. The molecular weight excluding hydrogens is 280 g/mol. The summed E-state index contributed by atoms with van der Waals surface area (Å²) in [5.74, 6) is -1.41. The Kier molecular flexibility index (Phi) is 3.17. The monoisotopic (exact) mass is 298 g/mol. The number of fused-ring (bicyclic) bond motifs is 1. The van der Waals surface area contributed by atoms with Crippen LogP contribution in [0.3, 0.4) is 0 Å². The van der Waals surface area contributed by atoms with Crippen molar-refractivity contribution in [3.63, 3.8) is 0 Å². The Balaban J connectivity index is 1.94. The molecule has 2 fully saturated rings. The zero-order chi connectivity index (χ0) is 15.4. The van der Waals surface area contributed by atoms with Gasteiger partial charge in [-0.25, -0.2) is 4.98 Å². The first-order valence-electron chi connectivity index (χ1n) is 6.58. The molecule has 0 spiro atoms. The maximum absolute atomic E-state index is 11.2. The summed E-state index contributed by atoms with van der Waals surface area (Å²) in [5.41, 5.74) is 11.1. The molecular formula is C12H18N4O5. The largest absolute Gasteiger partial charge is 0.394 e. The highest BCUT2D eigenvalue weighted by atomic mass is 16.8. The van der Waals surface area contributed by atoms with Crippen LogP contribution < -0.4 is 11.5 Å². The van der Waals surface area contributed by atoms with Gasteiger partial charge in [-0.2, -0.15) is 0 Å². The Morgan fingerprint density at radius 1 is 1.48 bits per heavy atom. The van der Waals surface area contributed by atoms with Gasteiger partial charge < -0.3 is 30.8 Å². The molecule has 0 saturated carbocycles. The molecule has 1 amide bonds. The van der Waals surface area contributed by atoms with Crippen LogP contribution in [-0.4, -0.2) is 51.3 Å². The van der Waals surface area contributed by atoms with Crippen molar-refractivity contribution in [1.82, 2.24) is 9.55 Å². The summed E-state index contributed by atoms with van der Waals surface area (Å²) in [4.78, 5) is 15.1. The van der Waals surface area contributed by atoms with Gasteiger partial charge in [-0.1, -0.05) is 0 Å². The molecule has 0 aliphatic carbocycles. The summed E-state index contributed by atoms with van der Waals surface area (Å²) in [5, 5.41) is 9.42. The van der Waals surface area contributed by atoms with Crippen molar-refractivity contribution >= 4 is 11.7 Å². The number of hydrogen-bond acceptors (Lipinski definition) is 7. The number of nitrogens with zero attached hydrogens (tertiary/aromatic N) is 2. The Morgan fingerprint density at radius 3 is 2.71 bits per heavy atom. The van der Waals surface area contributed by atoms with Crippen molar-refractivity contribution in [2.45, 2.75) is 44.2 Å². The Hall–Kier alpha value is -1.68. The number of aromatic nitrogens is 2. The number of amides is 1. The fraction of sp³-hybridized carbons (Fsp3) is 0.667. The predicted molar refractivity (Wildman–Crippen MR) is 70.0 cm³/mol. The van der Waals surface area contributed by atoms with Gasteiger partial charge in [0.2, 0.25) is 0 Å². The van der Waals surface area contributed by atoms with E-state index < -0.39 is 36.2 Å². The fourth-order valence-corrected chi connectivity index (χ4v) is 2.79. The Morgan fingerprint density at radius 2 is 2.14 bits per heavy atom. The van der Waals surface area contributed by atoms with Crippen molar-refractivity contribution < 1.29 is 24.1 Å². The Bertz CT molecular complexity index is 572. The molecule has 1 aromatic heterocycles. The van der Waals surface area contributed by atoms with Gasteiger partial charge in [-0.3, -0.25) is 9.36 Å². The third-order valence-corrected chi connectivity index (χ3v) is 3.64. The number of primary amides is 1. The molecule has 9 heteroatoms. The van der Waals surface area contributed by atoms with Crippen LogP contribution in [0.2, 0.25) is 0 Å². The van der Waals surface area contributed by atoms with Crippen LogP contribution in [0.25, 0.3) is 0 Å². The van der Waals surface area contributed by atoms with E-state index in [4.69, 9.17) is 25.7 Å². The minimum Gasteiger partial charge on any atom is -0.394 e. The molecule has 5 N–H and O–H groups in total. The number of rotatable bonds is 3. The Labute approximate surface area is 120 Å². The lowest BCUT2D eigenvalue weighted by molar-refractivity contribution is -0.199. The van der Waals surface area contributed by atoms with Gasteiger partial charge in [0.15, 0.2) is 17.7 Å². The number of nitrogen functional groups attached to an aromatic ring is 1. The van der Waals surface area contributed by atoms with E-state index in [1.165, 1.54) is 10.9 Å². The number of aliphatic hydroxyl groups is 1. The third kappa shape index (κ3) is 2.18. The van der Waals surface area contributed by atoms with E-state index in [0.29, 0.717) is 0 Å². The smallest absolute Gasteiger partial charge is 0.271 e. The summed E-state index contributed by atoms with van der Waals surface area (Å²) in [6, 6.07) is 0. The van der Waals surface area contributed by atoms with Crippen LogP contribution in [0.4, 0.5) is 5.82 Å². The minimum atomic E-state index is -0.785. The molecule has 4 atom stereocenters. The molecule has 1 aromatic rings. The van der Waals surface area contributed by atoms with Crippen LogP contribution in [0.15, 0.2) is 6.33 Å². The number of carbonyl (C=O) groups excluding carboxylic acids is 1. The van der Waals surface area contributed by atoms with Gasteiger partial charge in [0.05, 0.1) is 12.9 Å². The van der Waals surface area contributed by atoms with Crippen molar-refractivity contribution in [3.05, 3.63) is 12.0 Å². The fourth-order valence-electron chi connectivity index (χ4n) is 2.79. The van der Waals surface area contributed by atoms with E-state index >= 15 is 0 Å². The number of ether oxygens (including phenoxy) is 3. The van der Waals surface area contributed by atoms with Gasteiger partial charge in [-0.05, 0) is 13.8 Å². The quantitative estimate of drug-likeness (QED) is 0.649. The molecule has 116 valence electrons. The molecule has 0 unspecified atom stereocenters. The molecule has 3 heterocycles. The van der Waals surface area contributed by atoms with Crippen molar-refractivity contribution in [3.8, 4) is 0 Å². The minimum absolute atomic E-state index is 0.0271. The van der Waals surface area contributed by atoms with Crippen LogP contribution >= 0.6 is 0 Å². The lowest BCUT2D eigenvalue weighted by Crippen LogP contribution is -2.31. The van der Waals surface area contributed by atoms with E-state index in [1.807, 2.05) is 0 Å². The zero-order valence-corrected chi connectivity index (χ0v) is 11.7. The van der Waals surface area contributed by atoms with Gasteiger partial charge in [-0.15, -0.1) is 0 Å². The average molecular weight is 298 g/mol. The molecule has 0 bridgehead atoms. The highest BCUT2D eigenvalue weighted by Crippen LogP contribution is 2.43. The second-order valence-electron chi connectivity index (χ2n) is 5.56. The van der Waals surface area contributed by atoms with Crippen molar-refractivity contribution in [2.24, 2.45) is 5.73 Å². The number of nitrogens with two attached hydrogens (primary N) is 2. The van der Waals surface area contributed by atoms with Crippen LogP contribution in [-0.2, 0) is 14.2 Å². The van der Waals surface area contributed by atoms with Gasteiger partial charge in [0.25, 0.3) is 5.91 Å². The first-order valence-corrected chi connectivity index (χ1v) is 6.58.